The second-order valence-corrected chi connectivity index (χ2v) is 8.36. The van der Waals surface area contributed by atoms with Gasteiger partial charge in [0.25, 0.3) is 0 Å². The maximum atomic E-state index is 12.7. The molecule has 9 nitrogen and oxygen atoms in total. The van der Waals surface area contributed by atoms with Gasteiger partial charge in [-0.2, -0.15) is 0 Å². The molecular formula is C28H30N2O7. The number of hydrogen-bond acceptors (Lipinski definition) is 8. The van der Waals surface area contributed by atoms with Gasteiger partial charge in [-0.05, 0) is 55.3 Å². The summed E-state index contributed by atoms with van der Waals surface area (Å²) in [6, 6.07) is 12.6. The number of para-hydroxylation sites is 1. The Bertz CT molecular complexity index is 1310. The Kier molecular flexibility index (Phi) is 7.71. The van der Waals surface area contributed by atoms with Crippen molar-refractivity contribution >= 4 is 23.7 Å². The third-order valence-corrected chi connectivity index (χ3v) is 6.03. The molecule has 1 unspecified atom stereocenters. The minimum Gasteiger partial charge on any atom is -0.493 e. The van der Waals surface area contributed by atoms with Gasteiger partial charge >= 0.3 is 6.09 Å². The summed E-state index contributed by atoms with van der Waals surface area (Å²) in [5.41, 5.74) is 3.94. The SMILES string of the molecule is COc1cc2c(cc1OC)C(Oc1cc(C)c(NC(=O)Oc3c(OC)cccc3OC)cc1C)CC=N2. The largest absolute Gasteiger partial charge is 0.493 e. The lowest BCUT2D eigenvalue weighted by atomic mass is 10.0. The quantitative estimate of drug-likeness (QED) is 0.390. The number of hydrogen-bond donors (Lipinski definition) is 1. The van der Waals surface area contributed by atoms with Crippen LogP contribution in [0.3, 0.4) is 0 Å². The first kappa shape index (κ1) is 25.7. The Morgan fingerprint density at radius 1 is 0.838 bits per heavy atom. The van der Waals surface area contributed by atoms with E-state index in [-0.39, 0.29) is 11.9 Å². The van der Waals surface area contributed by atoms with E-state index in [0.717, 1.165) is 22.4 Å². The molecule has 37 heavy (non-hydrogen) atoms. The first-order chi connectivity index (χ1) is 17.9. The van der Waals surface area contributed by atoms with Crippen LogP contribution in [0.25, 0.3) is 0 Å². The van der Waals surface area contributed by atoms with Crippen molar-refractivity contribution in [1.29, 1.82) is 0 Å². The number of nitrogens with zero attached hydrogens (tertiary/aromatic N) is 1. The molecule has 3 aromatic carbocycles. The van der Waals surface area contributed by atoms with E-state index in [1.54, 1.807) is 32.4 Å². The van der Waals surface area contributed by atoms with Gasteiger partial charge in [-0.1, -0.05) is 6.07 Å². The van der Waals surface area contributed by atoms with Gasteiger partial charge in [0.2, 0.25) is 5.75 Å². The fraction of sp³-hybridized carbons (Fsp3) is 0.286. The molecule has 4 rings (SSSR count). The Morgan fingerprint density at radius 2 is 1.49 bits per heavy atom. The molecule has 0 saturated heterocycles. The predicted octanol–water partition coefficient (Wildman–Crippen LogP) is 6.17. The second kappa shape index (κ2) is 11.1. The first-order valence-corrected chi connectivity index (χ1v) is 11.6. The van der Waals surface area contributed by atoms with Crippen molar-refractivity contribution in [3.05, 3.63) is 59.2 Å². The number of ether oxygens (including phenoxy) is 6. The molecule has 0 aliphatic carbocycles. The number of aryl methyl sites for hydroxylation is 2. The lowest BCUT2D eigenvalue weighted by Gasteiger charge is -2.25. The lowest BCUT2D eigenvalue weighted by Crippen LogP contribution is -2.18. The lowest BCUT2D eigenvalue weighted by molar-refractivity contribution is 0.210. The monoisotopic (exact) mass is 506 g/mol. The first-order valence-electron chi connectivity index (χ1n) is 11.6. The van der Waals surface area contributed by atoms with E-state index in [4.69, 9.17) is 28.4 Å². The van der Waals surface area contributed by atoms with Crippen molar-refractivity contribution in [2.24, 2.45) is 4.99 Å². The van der Waals surface area contributed by atoms with Crippen LogP contribution < -0.4 is 33.7 Å². The summed E-state index contributed by atoms with van der Waals surface area (Å²) in [4.78, 5) is 17.2. The molecule has 0 spiro atoms. The number of methoxy groups -OCH3 is 4. The van der Waals surface area contributed by atoms with Crippen molar-refractivity contribution in [2.45, 2.75) is 26.4 Å². The highest BCUT2D eigenvalue weighted by molar-refractivity contribution is 5.88. The summed E-state index contributed by atoms with van der Waals surface area (Å²) in [5, 5.41) is 2.80. The number of benzene rings is 3. The van der Waals surface area contributed by atoms with Crippen LogP contribution in [0.4, 0.5) is 16.2 Å². The van der Waals surface area contributed by atoms with Crippen LogP contribution in [-0.4, -0.2) is 40.7 Å². The standard InChI is InChI=1S/C28H30N2O7/c1-16-13-24(36-21-10-11-29-20-15-26(35-6)25(34-5)14-18(20)21)17(2)12-19(16)30-28(31)37-27-22(32-3)8-7-9-23(27)33-4/h7-9,11-15,21H,10H2,1-6H3,(H,30,31). The molecule has 1 aliphatic heterocycles. The Balaban J connectivity index is 1.53. The summed E-state index contributed by atoms with van der Waals surface area (Å²) in [5.74, 6) is 2.89. The Hall–Kier alpha value is -4.40. The minimum absolute atomic E-state index is 0.198. The molecule has 0 aromatic heterocycles. The maximum absolute atomic E-state index is 12.7. The molecule has 1 N–H and O–H groups in total. The Morgan fingerprint density at radius 3 is 2.14 bits per heavy atom. The molecule has 0 fully saturated rings. The molecule has 1 atom stereocenters. The van der Waals surface area contributed by atoms with Crippen LogP contribution in [0, 0.1) is 13.8 Å². The number of aliphatic imine (C=N–C) groups is 1. The van der Waals surface area contributed by atoms with Crippen molar-refractivity contribution in [3.8, 4) is 34.5 Å². The van der Waals surface area contributed by atoms with Crippen LogP contribution in [0.15, 0.2) is 47.5 Å². The number of carbonyl (C=O) groups excluding carboxylic acids is 1. The fourth-order valence-corrected chi connectivity index (χ4v) is 4.09. The molecule has 9 heteroatoms. The highest BCUT2D eigenvalue weighted by Gasteiger charge is 2.24. The summed E-state index contributed by atoms with van der Waals surface area (Å²) in [6.45, 7) is 3.80. The highest BCUT2D eigenvalue weighted by atomic mass is 16.6. The average Bonchev–Trinajstić information content (AvgIpc) is 2.90. The number of rotatable bonds is 8. The molecule has 194 valence electrons. The van der Waals surface area contributed by atoms with Gasteiger partial charge in [-0.3, -0.25) is 10.3 Å². The normalized spacial score (nSPS) is 13.8. The van der Waals surface area contributed by atoms with Gasteiger partial charge in [0.05, 0.1) is 34.1 Å². The van der Waals surface area contributed by atoms with E-state index < -0.39 is 6.09 Å². The van der Waals surface area contributed by atoms with Crippen molar-refractivity contribution in [3.63, 3.8) is 0 Å². The third kappa shape index (κ3) is 5.40. The van der Waals surface area contributed by atoms with E-state index in [1.165, 1.54) is 14.2 Å². The zero-order valence-electron chi connectivity index (χ0n) is 21.7. The average molecular weight is 507 g/mol. The summed E-state index contributed by atoms with van der Waals surface area (Å²) in [6.07, 6.45) is 1.51. The molecule has 1 amide bonds. The van der Waals surface area contributed by atoms with Crippen LogP contribution in [-0.2, 0) is 0 Å². The fourth-order valence-electron chi connectivity index (χ4n) is 4.09. The second-order valence-electron chi connectivity index (χ2n) is 8.36. The third-order valence-electron chi connectivity index (χ3n) is 6.03. The van der Waals surface area contributed by atoms with Crippen molar-refractivity contribution < 1.29 is 33.2 Å². The molecular weight excluding hydrogens is 476 g/mol. The zero-order valence-corrected chi connectivity index (χ0v) is 21.7. The highest BCUT2D eigenvalue weighted by Crippen LogP contribution is 2.42. The van der Waals surface area contributed by atoms with E-state index >= 15 is 0 Å². The van der Waals surface area contributed by atoms with E-state index in [0.29, 0.717) is 40.9 Å². The molecule has 0 saturated carbocycles. The smallest absolute Gasteiger partial charge is 0.417 e. The number of nitrogens with one attached hydrogen (secondary N) is 1. The topological polar surface area (TPSA) is 96.8 Å². The summed E-state index contributed by atoms with van der Waals surface area (Å²) < 4.78 is 33.4. The van der Waals surface area contributed by atoms with Gasteiger partial charge in [0, 0.05) is 30.0 Å². The molecule has 0 bridgehead atoms. The van der Waals surface area contributed by atoms with Crippen LogP contribution in [0.1, 0.15) is 29.2 Å². The number of carbonyl (C=O) groups is 1. The van der Waals surface area contributed by atoms with E-state index in [2.05, 4.69) is 10.3 Å². The number of fused-ring (bicyclic) bond motifs is 1. The van der Waals surface area contributed by atoms with Gasteiger partial charge in [0.1, 0.15) is 11.9 Å². The predicted molar refractivity (Wildman–Crippen MR) is 141 cm³/mol. The van der Waals surface area contributed by atoms with Crippen LogP contribution in [0.5, 0.6) is 34.5 Å². The summed E-state index contributed by atoms with van der Waals surface area (Å²) >= 11 is 0. The van der Waals surface area contributed by atoms with Gasteiger partial charge in [-0.25, -0.2) is 4.79 Å². The van der Waals surface area contributed by atoms with E-state index in [1.807, 2.05) is 44.3 Å². The Labute approximate surface area is 215 Å². The minimum atomic E-state index is -0.669. The van der Waals surface area contributed by atoms with Gasteiger partial charge < -0.3 is 28.4 Å². The van der Waals surface area contributed by atoms with Crippen molar-refractivity contribution in [1.82, 2.24) is 0 Å². The molecule has 1 heterocycles. The van der Waals surface area contributed by atoms with Crippen LogP contribution in [0.2, 0.25) is 0 Å². The maximum Gasteiger partial charge on any atom is 0.417 e. The molecule has 3 aromatic rings. The van der Waals surface area contributed by atoms with Gasteiger partial charge in [0.15, 0.2) is 23.0 Å². The van der Waals surface area contributed by atoms with Gasteiger partial charge in [-0.15, -0.1) is 0 Å². The number of anilines is 1. The van der Waals surface area contributed by atoms with E-state index in [9.17, 15) is 4.79 Å². The molecule has 0 radical (unpaired) electrons. The molecule has 1 aliphatic rings. The summed E-state index contributed by atoms with van der Waals surface area (Å²) in [7, 11) is 6.18. The van der Waals surface area contributed by atoms with Crippen LogP contribution >= 0.6 is 0 Å². The van der Waals surface area contributed by atoms with Crippen molar-refractivity contribution in [2.75, 3.05) is 33.8 Å². The zero-order chi connectivity index (χ0) is 26.5. The number of amides is 1.